The second-order valence-corrected chi connectivity index (χ2v) is 9.90. The summed E-state index contributed by atoms with van der Waals surface area (Å²) in [5.41, 5.74) is 1.27. The Bertz CT molecular complexity index is 1100. The molecular weight excluding hydrogens is 503 g/mol. The van der Waals surface area contributed by atoms with E-state index in [9.17, 15) is 23.2 Å². The number of alkyl halides is 3. The number of amides is 1. The van der Waals surface area contributed by atoms with Crippen molar-refractivity contribution in [2.24, 2.45) is 0 Å². The van der Waals surface area contributed by atoms with Crippen molar-refractivity contribution >= 4 is 28.9 Å². The van der Waals surface area contributed by atoms with Gasteiger partial charge in [0.1, 0.15) is 6.07 Å². The average Bonchev–Trinajstić information content (AvgIpc) is 2.90. The molecule has 2 saturated heterocycles. The van der Waals surface area contributed by atoms with E-state index in [1.807, 2.05) is 4.90 Å². The van der Waals surface area contributed by atoms with Gasteiger partial charge in [0, 0.05) is 50.0 Å². The zero-order chi connectivity index (χ0) is 26.4. The van der Waals surface area contributed by atoms with Gasteiger partial charge >= 0.3 is 6.18 Å². The smallest absolute Gasteiger partial charge is 0.369 e. The van der Waals surface area contributed by atoms with Crippen LogP contribution in [0.4, 0.5) is 24.5 Å². The van der Waals surface area contributed by atoms with E-state index in [1.54, 1.807) is 18.2 Å². The van der Waals surface area contributed by atoms with Gasteiger partial charge in [0.25, 0.3) is 0 Å². The maximum Gasteiger partial charge on any atom is 0.416 e. The zero-order valence-electron chi connectivity index (χ0n) is 20.6. The molecule has 0 saturated carbocycles. The molecule has 0 aromatic heterocycles. The van der Waals surface area contributed by atoms with Crippen molar-refractivity contribution in [3.05, 3.63) is 58.6 Å². The first-order valence-electron chi connectivity index (χ1n) is 12.6. The average molecular weight is 534 g/mol. The third-order valence-electron chi connectivity index (χ3n) is 7.09. The normalized spacial score (nSPS) is 17.4. The van der Waals surface area contributed by atoms with E-state index in [0.717, 1.165) is 82.2 Å². The number of nitrogens with zero attached hydrogens (tertiary/aromatic N) is 4. The van der Waals surface area contributed by atoms with Crippen LogP contribution in [0.5, 0.6) is 0 Å². The molecule has 198 valence electrons. The molecule has 37 heavy (non-hydrogen) atoms. The molecule has 0 atom stereocenters. The minimum atomic E-state index is -4.33. The topological polar surface area (TPSA) is 62.6 Å². The largest absolute Gasteiger partial charge is 0.416 e. The number of piperidine rings is 1. The summed E-state index contributed by atoms with van der Waals surface area (Å²) >= 11 is 6.27. The highest BCUT2D eigenvalue weighted by Gasteiger charge is 2.30. The predicted molar refractivity (Wildman–Crippen MR) is 139 cm³/mol. The monoisotopic (exact) mass is 533 g/mol. The lowest BCUT2D eigenvalue weighted by molar-refractivity contribution is -0.137. The molecule has 2 aromatic carbocycles. The number of halogens is 4. The number of piperazine rings is 1. The van der Waals surface area contributed by atoms with Crippen LogP contribution in [0.15, 0.2) is 42.5 Å². The highest BCUT2D eigenvalue weighted by molar-refractivity contribution is 6.32. The summed E-state index contributed by atoms with van der Waals surface area (Å²) < 4.78 is 38.5. The Hall–Kier alpha value is -2.80. The van der Waals surface area contributed by atoms with Gasteiger partial charge in [-0.05, 0) is 81.4 Å². The van der Waals surface area contributed by atoms with Crippen LogP contribution in [0.1, 0.15) is 36.8 Å². The number of nitrogens with one attached hydrogen (secondary N) is 1. The summed E-state index contributed by atoms with van der Waals surface area (Å²) in [6.45, 7) is 5.51. The van der Waals surface area contributed by atoms with Crippen LogP contribution in [0.25, 0.3) is 0 Å². The molecule has 0 bridgehead atoms. The maximum atomic E-state index is 13.4. The number of benzene rings is 2. The summed E-state index contributed by atoms with van der Waals surface area (Å²) in [7, 11) is 0. The molecule has 1 N–H and O–H groups in total. The second kappa shape index (κ2) is 12.2. The number of carbonyl (C=O) groups is 1. The van der Waals surface area contributed by atoms with E-state index in [4.69, 9.17) is 11.6 Å². The Morgan fingerprint density at radius 1 is 1.08 bits per heavy atom. The van der Waals surface area contributed by atoms with E-state index in [-0.39, 0.29) is 11.9 Å². The van der Waals surface area contributed by atoms with Crippen molar-refractivity contribution in [1.29, 1.82) is 5.26 Å². The highest BCUT2D eigenvalue weighted by atomic mass is 35.5. The lowest BCUT2D eigenvalue weighted by Gasteiger charge is -2.37. The maximum absolute atomic E-state index is 13.4. The van der Waals surface area contributed by atoms with Crippen LogP contribution in [0.2, 0.25) is 5.02 Å². The number of nitriles is 1. The van der Waals surface area contributed by atoms with Gasteiger partial charge in [0.15, 0.2) is 0 Å². The third kappa shape index (κ3) is 6.95. The Balaban J connectivity index is 1.30. The second-order valence-electron chi connectivity index (χ2n) is 9.50. The molecule has 0 spiro atoms. The van der Waals surface area contributed by atoms with Crippen LogP contribution in [0.3, 0.4) is 0 Å². The van der Waals surface area contributed by atoms with Crippen molar-refractivity contribution in [2.45, 2.75) is 37.9 Å². The van der Waals surface area contributed by atoms with E-state index in [0.29, 0.717) is 23.4 Å². The fourth-order valence-corrected chi connectivity index (χ4v) is 5.25. The fourth-order valence-electron chi connectivity index (χ4n) is 5.03. The van der Waals surface area contributed by atoms with Gasteiger partial charge in [0.2, 0.25) is 5.91 Å². The zero-order valence-corrected chi connectivity index (χ0v) is 21.4. The molecule has 2 aliphatic heterocycles. The molecule has 2 fully saturated rings. The first kappa shape index (κ1) is 27.2. The van der Waals surface area contributed by atoms with E-state index in [1.165, 1.54) is 12.1 Å². The predicted octanol–water partition coefficient (Wildman–Crippen LogP) is 4.92. The summed E-state index contributed by atoms with van der Waals surface area (Å²) in [6.07, 6.45) is -1.50. The summed E-state index contributed by atoms with van der Waals surface area (Å²) in [4.78, 5) is 19.6. The van der Waals surface area contributed by atoms with Crippen LogP contribution < -0.4 is 15.1 Å². The SMILES string of the molecule is N#Cc1ccc(N(C(=O)CCCN2CCN(c3ccc(C(F)(F)F)cc3)CC2)C2CCNCC2)cc1Cl. The van der Waals surface area contributed by atoms with Gasteiger partial charge in [-0.3, -0.25) is 9.69 Å². The Morgan fingerprint density at radius 2 is 1.76 bits per heavy atom. The molecule has 2 aromatic rings. The van der Waals surface area contributed by atoms with Crippen LogP contribution in [-0.4, -0.2) is 62.7 Å². The molecule has 2 aliphatic rings. The summed E-state index contributed by atoms with van der Waals surface area (Å²) in [5, 5.41) is 12.9. The first-order valence-corrected chi connectivity index (χ1v) is 13.0. The van der Waals surface area contributed by atoms with Crippen molar-refractivity contribution in [2.75, 3.05) is 55.6 Å². The van der Waals surface area contributed by atoms with Gasteiger partial charge in [0.05, 0.1) is 16.1 Å². The molecule has 0 aliphatic carbocycles. The standard InChI is InChI=1S/C27H31ClF3N5O/c28-25-18-24(6-3-20(25)19-32)36(23-9-11-33-12-10-23)26(37)2-1-13-34-14-16-35(17-15-34)22-7-4-21(5-8-22)27(29,30)31/h3-8,18,23,33H,1-2,9-17H2. The van der Waals surface area contributed by atoms with E-state index >= 15 is 0 Å². The molecule has 0 radical (unpaired) electrons. The molecule has 10 heteroatoms. The Labute approximate surface area is 220 Å². The highest BCUT2D eigenvalue weighted by Crippen LogP contribution is 2.31. The Morgan fingerprint density at radius 3 is 2.35 bits per heavy atom. The molecule has 2 heterocycles. The third-order valence-corrected chi connectivity index (χ3v) is 7.40. The van der Waals surface area contributed by atoms with Crippen LogP contribution in [-0.2, 0) is 11.0 Å². The number of hydrogen-bond donors (Lipinski definition) is 1. The minimum absolute atomic E-state index is 0.0519. The molecule has 4 rings (SSSR count). The first-order chi connectivity index (χ1) is 17.8. The summed E-state index contributed by atoms with van der Waals surface area (Å²) in [5.74, 6) is 0.0519. The van der Waals surface area contributed by atoms with Crippen molar-refractivity contribution in [3.8, 4) is 6.07 Å². The van der Waals surface area contributed by atoms with Gasteiger partial charge in [-0.25, -0.2) is 0 Å². The molecule has 0 unspecified atom stereocenters. The molecule has 1 amide bonds. The van der Waals surface area contributed by atoms with Crippen LogP contribution in [0, 0.1) is 11.3 Å². The minimum Gasteiger partial charge on any atom is -0.369 e. The van der Waals surface area contributed by atoms with Crippen molar-refractivity contribution in [3.63, 3.8) is 0 Å². The summed E-state index contributed by atoms with van der Waals surface area (Å²) in [6, 6.07) is 12.6. The quantitative estimate of drug-likeness (QED) is 0.547. The fraction of sp³-hybridized carbons (Fsp3) is 0.481. The van der Waals surface area contributed by atoms with Crippen LogP contribution >= 0.6 is 11.6 Å². The molecular formula is C27H31ClF3N5O. The van der Waals surface area contributed by atoms with E-state index in [2.05, 4.69) is 21.2 Å². The van der Waals surface area contributed by atoms with Gasteiger partial charge < -0.3 is 15.1 Å². The Kier molecular flexibility index (Phi) is 8.95. The number of hydrogen-bond acceptors (Lipinski definition) is 5. The van der Waals surface area contributed by atoms with Crippen molar-refractivity contribution in [1.82, 2.24) is 10.2 Å². The molecule has 6 nitrogen and oxygen atoms in total. The lowest BCUT2D eigenvalue weighted by atomic mass is 10.0. The van der Waals surface area contributed by atoms with Crippen molar-refractivity contribution < 1.29 is 18.0 Å². The number of anilines is 2. The van der Waals surface area contributed by atoms with Gasteiger partial charge in [-0.15, -0.1) is 0 Å². The van der Waals surface area contributed by atoms with Gasteiger partial charge in [-0.2, -0.15) is 18.4 Å². The number of rotatable bonds is 7. The number of carbonyl (C=O) groups excluding carboxylic acids is 1. The lowest BCUT2D eigenvalue weighted by Crippen LogP contribution is -2.47. The van der Waals surface area contributed by atoms with E-state index < -0.39 is 11.7 Å². The van der Waals surface area contributed by atoms with Gasteiger partial charge in [-0.1, -0.05) is 11.6 Å².